The summed E-state index contributed by atoms with van der Waals surface area (Å²) in [4.78, 5) is 14.5. The number of piperidine rings is 1. The Morgan fingerprint density at radius 1 is 1.33 bits per heavy atom. The Labute approximate surface area is 124 Å². The van der Waals surface area contributed by atoms with Crippen LogP contribution in [0.15, 0.2) is 18.2 Å². The van der Waals surface area contributed by atoms with Gasteiger partial charge in [0, 0.05) is 25.2 Å². The van der Waals surface area contributed by atoms with Gasteiger partial charge in [0.1, 0.15) is 0 Å². The molecule has 1 aliphatic heterocycles. The molecule has 116 valence electrons. The van der Waals surface area contributed by atoms with Crippen LogP contribution in [0.25, 0.3) is 0 Å². The monoisotopic (exact) mass is 295 g/mol. The zero-order valence-corrected chi connectivity index (χ0v) is 12.6. The molecule has 1 aromatic carbocycles. The van der Waals surface area contributed by atoms with E-state index in [0.717, 1.165) is 45.1 Å². The zero-order valence-electron chi connectivity index (χ0n) is 12.6. The van der Waals surface area contributed by atoms with E-state index in [9.17, 15) is 14.5 Å². The standard InChI is InChI=1S/C15H22FN3O2/c1-3-17(4-2)12-7-9-18(10-8-12)15-6-5-13(19(20)21)11-14(15)16/h5-6,11-12H,3-4,7-10H2,1-2H3. The summed E-state index contributed by atoms with van der Waals surface area (Å²) in [5, 5.41) is 10.6. The fourth-order valence-electron chi connectivity index (χ4n) is 3.08. The third kappa shape index (κ3) is 3.50. The number of nitrogens with zero attached hydrogens (tertiary/aromatic N) is 3. The minimum Gasteiger partial charge on any atom is -0.369 e. The Hall–Kier alpha value is -1.69. The predicted molar refractivity (Wildman–Crippen MR) is 81.2 cm³/mol. The molecule has 6 heteroatoms. The summed E-state index contributed by atoms with van der Waals surface area (Å²) < 4.78 is 14.0. The molecule has 5 nitrogen and oxygen atoms in total. The van der Waals surface area contributed by atoms with Gasteiger partial charge in [0.25, 0.3) is 5.69 Å². The third-order valence-electron chi connectivity index (χ3n) is 4.28. The molecule has 0 atom stereocenters. The molecule has 0 aliphatic carbocycles. The van der Waals surface area contributed by atoms with Gasteiger partial charge in [-0.1, -0.05) is 13.8 Å². The van der Waals surface area contributed by atoms with Crippen molar-refractivity contribution in [2.75, 3.05) is 31.1 Å². The van der Waals surface area contributed by atoms with Gasteiger partial charge in [-0.2, -0.15) is 0 Å². The van der Waals surface area contributed by atoms with Gasteiger partial charge >= 0.3 is 0 Å². The number of non-ortho nitro benzene ring substituents is 1. The predicted octanol–water partition coefficient (Wildman–Crippen LogP) is 3.04. The molecule has 0 aromatic heterocycles. The van der Waals surface area contributed by atoms with Crippen molar-refractivity contribution in [3.63, 3.8) is 0 Å². The number of benzene rings is 1. The van der Waals surface area contributed by atoms with Gasteiger partial charge in [0.05, 0.1) is 16.7 Å². The SMILES string of the molecule is CCN(CC)C1CCN(c2ccc([N+](=O)[O-])cc2F)CC1. The summed E-state index contributed by atoms with van der Waals surface area (Å²) in [7, 11) is 0. The quantitative estimate of drug-likeness (QED) is 0.619. The average Bonchev–Trinajstić information content (AvgIpc) is 2.49. The van der Waals surface area contributed by atoms with Crippen LogP contribution in [0.2, 0.25) is 0 Å². The summed E-state index contributed by atoms with van der Waals surface area (Å²) in [6, 6.07) is 4.45. The lowest BCUT2D eigenvalue weighted by Gasteiger charge is -2.38. The lowest BCUT2D eigenvalue weighted by atomic mass is 10.0. The van der Waals surface area contributed by atoms with E-state index in [1.54, 1.807) is 0 Å². The fourth-order valence-corrected chi connectivity index (χ4v) is 3.08. The van der Waals surface area contributed by atoms with E-state index in [1.165, 1.54) is 12.1 Å². The van der Waals surface area contributed by atoms with Crippen LogP contribution in [-0.2, 0) is 0 Å². The second kappa shape index (κ2) is 6.85. The molecule has 1 heterocycles. The summed E-state index contributed by atoms with van der Waals surface area (Å²) in [6.07, 6.45) is 2.00. The molecule has 0 unspecified atom stereocenters. The van der Waals surface area contributed by atoms with Crippen molar-refractivity contribution in [1.82, 2.24) is 4.90 Å². The van der Waals surface area contributed by atoms with Crippen molar-refractivity contribution >= 4 is 11.4 Å². The molecular weight excluding hydrogens is 273 g/mol. The molecule has 21 heavy (non-hydrogen) atoms. The smallest absolute Gasteiger partial charge is 0.272 e. The van der Waals surface area contributed by atoms with E-state index in [2.05, 4.69) is 18.7 Å². The maximum absolute atomic E-state index is 14.0. The van der Waals surface area contributed by atoms with E-state index in [-0.39, 0.29) is 5.69 Å². The van der Waals surface area contributed by atoms with Gasteiger partial charge in [0.2, 0.25) is 0 Å². The normalized spacial score (nSPS) is 16.5. The van der Waals surface area contributed by atoms with E-state index in [1.807, 2.05) is 4.90 Å². The first kappa shape index (κ1) is 15.7. The van der Waals surface area contributed by atoms with Crippen LogP contribution in [-0.4, -0.2) is 42.0 Å². The first-order valence-corrected chi connectivity index (χ1v) is 7.49. The molecule has 0 amide bonds. The number of hydrogen-bond acceptors (Lipinski definition) is 4. The highest BCUT2D eigenvalue weighted by molar-refractivity contribution is 5.52. The summed E-state index contributed by atoms with van der Waals surface area (Å²) in [5.74, 6) is -0.509. The summed E-state index contributed by atoms with van der Waals surface area (Å²) >= 11 is 0. The van der Waals surface area contributed by atoms with E-state index >= 15 is 0 Å². The van der Waals surface area contributed by atoms with Crippen LogP contribution >= 0.6 is 0 Å². The highest BCUT2D eigenvalue weighted by Crippen LogP contribution is 2.27. The third-order valence-corrected chi connectivity index (χ3v) is 4.28. The number of rotatable bonds is 5. The topological polar surface area (TPSA) is 49.6 Å². The number of hydrogen-bond donors (Lipinski definition) is 0. The minimum absolute atomic E-state index is 0.200. The molecule has 1 aliphatic rings. The molecule has 0 spiro atoms. The Morgan fingerprint density at radius 2 is 1.95 bits per heavy atom. The molecule has 1 aromatic rings. The maximum atomic E-state index is 14.0. The second-order valence-electron chi connectivity index (χ2n) is 5.33. The van der Waals surface area contributed by atoms with Crippen molar-refractivity contribution in [2.45, 2.75) is 32.7 Å². The fraction of sp³-hybridized carbons (Fsp3) is 0.600. The lowest BCUT2D eigenvalue weighted by Crippen LogP contribution is -2.45. The highest BCUT2D eigenvalue weighted by atomic mass is 19.1. The van der Waals surface area contributed by atoms with Crippen molar-refractivity contribution in [2.24, 2.45) is 0 Å². The van der Waals surface area contributed by atoms with Gasteiger partial charge in [0.15, 0.2) is 5.82 Å². The Balaban J connectivity index is 2.04. The van der Waals surface area contributed by atoms with Gasteiger partial charge in [-0.3, -0.25) is 10.1 Å². The van der Waals surface area contributed by atoms with Crippen LogP contribution in [0.3, 0.4) is 0 Å². The van der Waals surface area contributed by atoms with Crippen molar-refractivity contribution in [3.05, 3.63) is 34.1 Å². The molecule has 1 fully saturated rings. The number of nitro groups is 1. The molecule has 0 saturated carbocycles. The Morgan fingerprint density at radius 3 is 2.43 bits per heavy atom. The van der Waals surface area contributed by atoms with Gasteiger partial charge in [-0.05, 0) is 32.0 Å². The largest absolute Gasteiger partial charge is 0.369 e. The first-order valence-electron chi connectivity index (χ1n) is 7.49. The molecular formula is C15H22FN3O2. The molecule has 0 radical (unpaired) electrons. The second-order valence-corrected chi connectivity index (χ2v) is 5.33. The molecule has 0 bridgehead atoms. The molecule has 2 rings (SSSR count). The van der Waals surface area contributed by atoms with E-state index < -0.39 is 10.7 Å². The number of anilines is 1. The van der Waals surface area contributed by atoms with Gasteiger partial charge < -0.3 is 9.80 Å². The minimum atomic E-state index is -0.570. The number of halogens is 1. The van der Waals surface area contributed by atoms with Crippen LogP contribution < -0.4 is 4.90 Å². The lowest BCUT2D eigenvalue weighted by molar-refractivity contribution is -0.385. The van der Waals surface area contributed by atoms with E-state index in [4.69, 9.17) is 0 Å². The van der Waals surface area contributed by atoms with Crippen molar-refractivity contribution in [3.8, 4) is 0 Å². The number of nitro benzene ring substituents is 1. The van der Waals surface area contributed by atoms with Crippen LogP contribution in [0, 0.1) is 15.9 Å². The molecule has 1 saturated heterocycles. The Kier molecular flexibility index (Phi) is 5.12. The summed E-state index contributed by atoms with van der Waals surface area (Å²) in [5.41, 5.74) is 0.271. The molecule has 0 N–H and O–H groups in total. The average molecular weight is 295 g/mol. The van der Waals surface area contributed by atoms with Crippen molar-refractivity contribution in [1.29, 1.82) is 0 Å². The Bertz CT molecular complexity index is 498. The summed E-state index contributed by atoms with van der Waals surface area (Å²) in [6.45, 7) is 7.96. The van der Waals surface area contributed by atoms with Crippen molar-refractivity contribution < 1.29 is 9.31 Å². The van der Waals surface area contributed by atoms with Crippen LogP contribution in [0.5, 0.6) is 0 Å². The first-order chi connectivity index (χ1) is 10.1. The van der Waals surface area contributed by atoms with Crippen LogP contribution in [0.1, 0.15) is 26.7 Å². The van der Waals surface area contributed by atoms with E-state index in [0.29, 0.717) is 11.7 Å². The van der Waals surface area contributed by atoms with Gasteiger partial charge in [-0.15, -0.1) is 0 Å². The maximum Gasteiger partial charge on any atom is 0.272 e. The van der Waals surface area contributed by atoms with Gasteiger partial charge in [-0.25, -0.2) is 4.39 Å². The zero-order chi connectivity index (χ0) is 15.4. The van der Waals surface area contributed by atoms with Crippen LogP contribution in [0.4, 0.5) is 15.8 Å². The highest BCUT2D eigenvalue weighted by Gasteiger charge is 2.25.